The van der Waals surface area contributed by atoms with Crippen molar-refractivity contribution in [2.45, 2.75) is 31.9 Å². The summed E-state index contributed by atoms with van der Waals surface area (Å²) in [6, 6.07) is 0. The summed E-state index contributed by atoms with van der Waals surface area (Å²) < 4.78 is 36.4. The molecule has 0 aliphatic heterocycles. The molecule has 0 amide bonds. The summed E-state index contributed by atoms with van der Waals surface area (Å²) in [4.78, 5) is 0. The molecule has 3 nitrogen and oxygen atoms in total. The predicted molar refractivity (Wildman–Crippen MR) is 54.6 cm³/mol. The van der Waals surface area contributed by atoms with Gasteiger partial charge in [-0.2, -0.15) is 0 Å². The Morgan fingerprint density at radius 3 is 2.43 bits per heavy atom. The molecule has 0 aromatic carbocycles. The molecule has 1 rings (SSSR count). The van der Waals surface area contributed by atoms with E-state index in [0.717, 1.165) is 12.8 Å². The average molecular weight is 223 g/mol. The van der Waals surface area contributed by atoms with Gasteiger partial charge >= 0.3 is 0 Å². The van der Waals surface area contributed by atoms with Gasteiger partial charge in [0.15, 0.2) is 0 Å². The highest BCUT2D eigenvalue weighted by Gasteiger charge is 2.44. The van der Waals surface area contributed by atoms with E-state index in [2.05, 4.69) is 0 Å². The van der Waals surface area contributed by atoms with Crippen LogP contribution in [-0.2, 0) is 9.84 Å². The van der Waals surface area contributed by atoms with E-state index in [1.165, 1.54) is 0 Å². The number of halogens is 1. The van der Waals surface area contributed by atoms with Crippen LogP contribution in [0.5, 0.6) is 0 Å². The lowest BCUT2D eigenvalue weighted by atomic mass is 9.97. The van der Waals surface area contributed by atoms with E-state index >= 15 is 0 Å². The van der Waals surface area contributed by atoms with E-state index in [9.17, 15) is 12.8 Å². The average Bonchev–Trinajstić information content (AvgIpc) is 2.98. The van der Waals surface area contributed by atoms with Crippen molar-refractivity contribution in [3.05, 3.63) is 0 Å². The Labute approximate surface area is 84.8 Å². The Hall–Kier alpha value is -0.160. The molecule has 0 aromatic rings. The van der Waals surface area contributed by atoms with Gasteiger partial charge in [-0.15, -0.1) is 0 Å². The molecule has 1 aliphatic rings. The summed E-state index contributed by atoms with van der Waals surface area (Å²) in [5.41, 5.74) is 3.91. The van der Waals surface area contributed by atoms with Gasteiger partial charge in [-0.05, 0) is 25.2 Å². The largest absolute Gasteiger partial charge is 0.328 e. The number of hydrogen-bond donors (Lipinski definition) is 1. The van der Waals surface area contributed by atoms with Gasteiger partial charge in [-0.25, -0.2) is 12.8 Å². The van der Waals surface area contributed by atoms with Crippen molar-refractivity contribution in [3.8, 4) is 0 Å². The molecule has 0 saturated heterocycles. The minimum Gasteiger partial charge on any atom is -0.328 e. The van der Waals surface area contributed by atoms with Crippen LogP contribution in [0.4, 0.5) is 4.39 Å². The Morgan fingerprint density at radius 1 is 1.50 bits per heavy atom. The fourth-order valence-corrected chi connectivity index (χ4v) is 2.48. The summed E-state index contributed by atoms with van der Waals surface area (Å²) in [5, 5.41) is 0. The Balaban J connectivity index is 2.49. The topological polar surface area (TPSA) is 60.2 Å². The summed E-state index contributed by atoms with van der Waals surface area (Å²) in [6.45, 7) is 1.52. The minimum atomic E-state index is -3.06. The van der Waals surface area contributed by atoms with Crippen LogP contribution in [-0.4, -0.2) is 32.1 Å². The van der Waals surface area contributed by atoms with Crippen LogP contribution < -0.4 is 5.73 Å². The number of alkyl halides is 1. The molecule has 5 heteroatoms. The number of rotatable bonds is 6. The molecule has 1 aliphatic carbocycles. The maximum Gasteiger partial charge on any atom is 0.150 e. The maximum atomic E-state index is 14.0. The molecule has 0 aromatic heterocycles. The molecule has 2 N–H and O–H groups in total. The van der Waals surface area contributed by atoms with Gasteiger partial charge in [-0.3, -0.25) is 0 Å². The number of hydrogen-bond acceptors (Lipinski definition) is 3. The highest BCUT2D eigenvalue weighted by atomic mass is 32.2. The summed E-state index contributed by atoms with van der Waals surface area (Å²) in [6.07, 6.45) is 1.75. The molecule has 0 bridgehead atoms. The van der Waals surface area contributed by atoms with E-state index in [-0.39, 0.29) is 30.4 Å². The molecule has 1 unspecified atom stereocenters. The van der Waals surface area contributed by atoms with Crippen molar-refractivity contribution in [3.63, 3.8) is 0 Å². The van der Waals surface area contributed by atoms with E-state index in [1.54, 1.807) is 6.92 Å². The van der Waals surface area contributed by atoms with E-state index in [0.29, 0.717) is 0 Å². The molecule has 0 radical (unpaired) electrons. The molecule has 1 fully saturated rings. The van der Waals surface area contributed by atoms with Crippen molar-refractivity contribution in [1.29, 1.82) is 0 Å². The first-order chi connectivity index (χ1) is 6.43. The highest BCUT2D eigenvalue weighted by molar-refractivity contribution is 7.91. The van der Waals surface area contributed by atoms with Crippen LogP contribution in [0.15, 0.2) is 0 Å². The summed E-state index contributed by atoms with van der Waals surface area (Å²) in [5.74, 6) is 0.00556. The van der Waals surface area contributed by atoms with Crippen LogP contribution in [0, 0.1) is 5.92 Å². The lowest BCUT2D eigenvalue weighted by molar-refractivity contribution is 0.138. The van der Waals surface area contributed by atoms with Gasteiger partial charge in [0.1, 0.15) is 15.5 Å². The molecule has 84 valence electrons. The predicted octanol–water partition coefficient (Wildman–Crippen LogP) is 0.888. The van der Waals surface area contributed by atoms with Gasteiger partial charge in [0.05, 0.1) is 5.75 Å². The zero-order valence-corrected chi connectivity index (χ0v) is 9.32. The van der Waals surface area contributed by atoms with Gasteiger partial charge in [0.25, 0.3) is 0 Å². The molecule has 1 saturated carbocycles. The summed E-state index contributed by atoms with van der Waals surface area (Å²) >= 11 is 0. The third kappa shape index (κ3) is 2.92. The van der Waals surface area contributed by atoms with Gasteiger partial charge in [0.2, 0.25) is 0 Å². The van der Waals surface area contributed by atoms with Crippen molar-refractivity contribution < 1.29 is 12.8 Å². The van der Waals surface area contributed by atoms with Gasteiger partial charge in [-0.1, -0.05) is 6.92 Å². The molecular formula is C9H18FNO2S. The van der Waals surface area contributed by atoms with Gasteiger partial charge in [0, 0.05) is 12.3 Å². The van der Waals surface area contributed by atoms with E-state index in [1.807, 2.05) is 0 Å². The molecule has 14 heavy (non-hydrogen) atoms. The Morgan fingerprint density at radius 2 is 2.07 bits per heavy atom. The first-order valence-electron chi connectivity index (χ1n) is 5.03. The lowest BCUT2D eigenvalue weighted by Crippen LogP contribution is -2.37. The quantitative estimate of drug-likeness (QED) is 0.727. The van der Waals surface area contributed by atoms with Crippen LogP contribution in [0.3, 0.4) is 0 Å². The number of nitrogens with two attached hydrogens (primary N) is 1. The maximum absolute atomic E-state index is 14.0. The highest BCUT2D eigenvalue weighted by Crippen LogP contribution is 2.43. The lowest BCUT2D eigenvalue weighted by Gasteiger charge is -2.22. The van der Waals surface area contributed by atoms with Crippen molar-refractivity contribution in [1.82, 2.24) is 0 Å². The summed E-state index contributed by atoms with van der Waals surface area (Å²) in [7, 11) is -3.06. The van der Waals surface area contributed by atoms with Crippen molar-refractivity contribution >= 4 is 9.84 Å². The zero-order chi connectivity index (χ0) is 10.8. The monoisotopic (exact) mass is 223 g/mol. The molecule has 0 heterocycles. The molecular weight excluding hydrogens is 205 g/mol. The minimum absolute atomic E-state index is 0.000411. The van der Waals surface area contributed by atoms with E-state index in [4.69, 9.17) is 5.73 Å². The second kappa shape index (κ2) is 4.14. The molecule has 1 atom stereocenters. The standard InChI is InChI=1S/C9H18FNO2S/c1-2-14(12,13)6-5-9(10,7-11)8-3-4-8/h8H,2-7,11H2,1H3. The van der Waals surface area contributed by atoms with Crippen molar-refractivity contribution in [2.75, 3.05) is 18.1 Å². The zero-order valence-electron chi connectivity index (χ0n) is 8.50. The smallest absolute Gasteiger partial charge is 0.150 e. The van der Waals surface area contributed by atoms with E-state index < -0.39 is 15.5 Å². The first-order valence-corrected chi connectivity index (χ1v) is 6.85. The fraction of sp³-hybridized carbons (Fsp3) is 1.00. The third-order valence-electron chi connectivity index (χ3n) is 2.92. The second-order valence-corrected chi connectivity index (χ2v) is 6.47. The van der Waals surface area contributed by atoms with Crippen LogP contribution in [0.2, 0.25) is 0 Å². The SMILES string of the molecule is CCS(=O)(=O)CCC(F)(CN)C1CC1. The normalized spacial score (nSPS) is 21.9. The van der Waals surface area contributed by atoms with Crippen molar-refractivity contribution in [2.24, 2.45) is 11.7 Å². The van der Waals surface area contributed by atoms with Crippen LogP contribution >= 0.6 is 0 Å². The Kier molecular flexibility index (Phi) is 3.53. The van der Waals surface area contributed by atoms with Crippen LogP contribution in [0.25, 0.3) is 0 Å². The first kappa shape index (κ1) is 11.9. The number of sulfone groups is 1. The molecule has 0 spiro atoms. The van der Waals surface area contributed by atoms with Crippen LogP contribution in [0.1, 0.15) is 26.2 Å². The fourth-order valence-electron chi connectivity index (χ4n) is 1.54. The van der Waals surface area contributed by atoms with Gasteiger partial charge < -0.3 is 5.73 Å². The Bertz CT molecular complexity index is 287. The second-order valence-electron chi connectivity index (χ2n) is 4.00. The third-order valence-corrected chi connectivity index (χ3v) is 4.62.